The first-order valence-corrected chi connectivity index (χ1v) is 24.6. The molecule has 0 saturated carbocycles. The van der Waals surface area contributed by atoms with Crippen LogP contribution >= 0.6 is 0 Å². The number of unbranched alkanes of at least 4 members (excludes halogenated alkanes) is 24. The minimum atomic E-state index is -4.98. The molecule has 58 heavy (non-hydrogen) atoms. The summed E-state index contributed by atoms with van der Waals surface area (Å²) in [5, 5.41) is 23.6. The van der Waals surface area contributed by atoms with E-state index in [1.807, 2.05) is 0 Å². The number of aliphatic hydroxyl groups excluding tert-OH is 2. The Kier molecular flexibility index (Phi) is 31.4. The highest BCUT2D eigenvalue weighted by Gasteiger charge is 2.50. The van der Waals surface area contributed by atoms with Crippen molar-refractivity contribution < 1.29 is 56.0 Å². The zero-order valence-electron chi connectivity index (χ0n) is 37.5. The summed E-state index contributed by atoms with van der Waals surface area (Å²) >= 11 is 0. The van der Waals surface area contributed by atoms with Crippen molar-refractivity contribution in [2.45, 2.75) is 257 Å². The van der Waals surface area contributed by atoms with Crippen LogP contribution in [0.15, 0.2) is 0 Å². The zero-order valence-corrected chi connectivity index (χ0v) is 37.3. The van der Waals surface area contributed by atoms with Crippen LogP contribution in [0, 0.1) is 0 Å². The van der Waals surface area contributed by atoms with Crippen LogP contribution in [0.5, 0.6) is 0 Å². The second kappa shape index (κ2) is 34.8. The molecule has 1 aliphatic rings. The van der Waals surface area contributed by atoms with E-state index in [4.69, 9.17) is 19.8 Å². The monoisotopic (exact) mass is 851 g/mol. The van der Waals surface area contributed by atoms with Crippen LogP contribution in [0.3, 0.4) is 0 Å². The van der Waals surface area contributed by atoms with Gasteiger partial charge in [-0.3, -0.25) is 18.9 Å². The molecule has 0 aromatic carbocycles. The third-order valence-corrected chi connectivity index (χ3v) is 11.4. The Morgan fingerprint density at radius 3 is 1.53 bits per heavy atom. The van der Waals surface area contributed by atoms with E-state index in [1.54, 1.807) is 0 Å². The highest BCUT2D eigenvalue weighted by Crippen LogP contribution is 2.28. The number of carbonyl (C=O) groups excluding carboxylic acids is 3. The topological polar surface area (TPSA) is 195 Å². The number of hydrogen-bond donors (Lipinski definition) is 4. The smallest absolute Gasteiger partial charge is 0.397 e. The van der Waals surface area contributed by atoms with E-state index in [1.165, 1.54) is 89.9 Å². The zero-order chi connectivity index (χ0) is 43.6. The highest BCUT2D eigenvalue weighted by molar-refractivity contribution is 7.80. The van der Waals surface area contributed by atoms with Crippen LogP contribution < -0.4 is 5.32 Å². The van der Waals surface area contributed by atoms with Crippen LogP contribution in [0.25, 0.3) is 1.43 Å². The van der Waals surface area contributed by atoms with Crippen molar-refractivity contribution in [2.75, 3.05) is 6.61 Å². The van der Waals surface area contributed by atoms with Gasteiger partial charge in [-0.1, -0.05) is 175 Å². The van der Waals surface area contributed by atoms with E-state index >= 15 is 0 Å². The number of hydrogen-bond acceptors (Lipinski definition) is 12. The van der Waals surface area contributed by atoms with Gasteiger partial charge in [-0.15, -0.1) is 0 Å². The lowest BCUT2D eigenvalue weighted by Crippen LogP contribution is -2.66. The fourth-order valence-electron chi connectivity index (χ4n) is 7.57. The summed E-state index contributed by atoms with van der Waals surface area (Å²) in [4.78, 5) is 39.8. The molecule has 4 N–H and O–H groups in total. The minimum Gasteiger partial charge on any atom is -0.462 e. The summed E-state index contributed by atoms with van der Waals surface area (Å²) in [5.41, 5.74) is 0. The Morgan fingerprint density at radius 2 is 1.09 bits per heavy atom. The van der Waals surface area contributed by atoms with E-state index in [0.717, 1.165) is 70.6 Å². The molecular formula is C44H83NO12S. The van der Waals surface area contributed by atoms with Crippen LogP contribution in [-0.2, 0) is 43.2 Å². The number of carbonyl (C=O) groups is 3. The fourth-order valence-corrected chi connectivity index (χ4v) is 8.07. The molecule has 0 aromatic heterocycles. The molecule has 0 aliphatic carbocycles. The van der Waals surface area contributed by atoms with Crippen LogP contribution in [0.1, 0.15) is 220 Å². The maximum Gasteiger partial charge on any atom is 0.397 e. The van der Waals surface area contributed by atoms with Gasteiger partial charge in [-0.05, 0) is 25.7 Å². The summed E-state index contributed by atoms with van der Waals surface area (Å²) in [6.07, 6.45) is 21.9. The lowest BCUT2D eigenvalue weighted by atomic mass is 9.96. The van der Waals surface area contributed by atoms with Crippen LogP contribution in [0.4, 0.5) is 0 Å². The Balaban J connectivity index is 2.98. The first kappa shape index (κ1) is 52.3. The van der Waals surface area contributed by atoms with E-state index in [0.29, 0.717) is 19.3 Å². The molecule has 342 valence electrons. The molecule has 1 rings (SSSR count). The molecule has 0 radical (unpaired) electrons. The van der Waals surface area contributed by atoms with Crippen molar-refractivity contribution in [1.29, 1.82) is 1.43 Å². The summed E-state index contributed by atoms with van der Waals surface area (Å²) < 4.78 is 57.2. The Labute approximate surface area is 353 Å². The van der Waals surface area contributed by atoms with Gasteiger partial charge in [0.25, 0.3) is 0 Å². The number of nitrogens with one attached hydrogen (secondary N) is 1. The molecule has 1 fully saturated rings. The number of rotatable bonds is 39. The number of ether oxygens (including phenoxy) is 3. The molecule has 13 nitrogen and oxygen atoms in total. The largest absolute Gasteiger partial charge is 0.462 e. The standard InChI is InChI=1S/C44H83NO12S/c1-4-7-10-13-16-19-22-25-28-31-36(54-39(48)32-29-26-23-20-17-14-11-8-5-2)34-38(47)45-41-43(42(57-58(51,52)53)37(35-46)55-44(41)50)56-40(49)33-30-27-24-21-18-15-12-9-6-3/h36-37,41-44,46,50H,4-35H2,1-3H3,(H,45,47)(H,51,52,53)/t36-,37-,41-,42-,43-,44?/m1/s1/i/hD. The quantitative estimate of drug-likeness (QED) is 0.0260. The Hall–Kier alpha value is -1.84. The minimum absolute atomic E-state index is 0.0160. The van der Waals surface area contributed by atoms with Crippen molar-refractivity contribution in [2.24, 2.45) is 0 Å². The molecule has 1 saturated heterocycles. The molecule has 14 heteroatoms. The number of amides is 1. The van der Waals surface area contributed by atoms with E-state index < -0.39 is 65.6 Å². The normalized spacial score (nSPS) is 20.4. The van der Waals surface area contributed by atoms with Gasteiger partial charge in [0.1, 0.15) is 24.4 Å². The lowest BCUT2D eigenvalue weighted by molar-refractivity contribution is -0.254. The van der Waals surface area contributed by atoms with Gasteiger partial charge < -0.3 is 29.7 Å². The lowest BCUT2D eigenvalue weighted by Gasteiger charge is -2.43. The van der Waals surface area contributed by atoms with Crippen molar-refractivity contribution in [3.8, 4) is 0 Å². The summed E-state index contributed by atoms with van der Waals surface area (Å²) in [6.45, 7) is 5.72. The second-order valence-electron chi connectivity index (χ2n) is 16.4. The van der Waals surface area contributed by atoms with Gasteiger partial charge in [0.15, 0.2) is 12.4 Å². The van der Waals surface area contributed by atoms with Gasteiger partial charge in [-0.2, -0.15) is 8.42 Å². The van der Waals surface area contributed by atoms with Gasteiger partial charge >= 0.3 is 22.3 Å². The average molecular weight is 851 g/mol. The molecular weight excluding hydrogens is 767 g/mol. The molecule has 0 aromatic rings. The molecule has 0 spiro atoms. The maximum atomic E-state index is 13.6. The van der Waals surface area contributed by atoms with Gasteiger partial charge in [0.05, 0.1) is 13.0 Å². The number of esters is 2. The molecule has 1 amide bonds. The summed E-state index contributed by atoms with van der Waals surface area (Å²) in [6, 6.07) is -1.53. The summed E-state index contributed by atoms with van der Waals surface area (Å²) in [5.74, 6) is -1.77. The van der Waals surface area contributed by atoms with Gasteiger partial charge in [0, 0.05) is 12.8 Å². The van der Waals surface area contributed by atoms with Crippen molar-refractivity contribution in [3.63, 3.8) is 0 Å². The van der Waals surface area contributed by atoms with E-state index in [9.17, 15) is 33.0 Å². The first-order valence-electron chi connectivity index (χ1n) is 23.6. The predicted molar refractivity (Wildman–Crippen MR) is 226 cm³/mol. The second-order valence-corrected chi connectivity index (χ2v) is 17.4. The predicted octanol–water partition coefficient (Wildman–Crippen LogP) is 9.35. The Morgan fingerprint density at radius 1 is 0.655 bits per heavy atom. The third kappa shape index (κ3) is 27.8. The van der Waals surface area contributed by atoms with Crippen molar-refractivity contribution in [1.82, 2.24) is 5.32 Å². The molecule has 6 atom stereocenters. The van der Waals surface area contributed by atoms with Crippen LogP contribution in [0.2, 0.25) is 0 Å². The van der Waals surface area contributed by atoms with Crippen molar-refractivity contribution in [3.05, 3.63) is 0 Å². The SMILES string of the molecule is [2H]OS(=O)(=O)O[C@H]1[C@H](OC(=O)CCCCCCCCCCC)[C@@H](NC(=O)C[C@@H](CCCCCCCCCCC)OC(=O)CCCCCCCCCCC)C(O)O[C@@H]1CO. The Bertz CT molecular complexity index is 1180. The fraction of sp³-hybridized carbons (Fsp3) is 0.932. The number of aliphatic hydroxyl groups is 2. The highest BCUT2D eigenvalue weighted by atomic mass is 32.3. The third-order valence-electron chi connectivity index (χ3n) is 11.0. The van der Waals surface area contributed by atoms with E-state index in [2.05, 4.69) is 30.6 Å². The van der Waals surface area contributed by atoms with Gasteiger partial charge in [-0.25, -0.2) is 4.18 Å². The summed E-state index contributed by atoms with van der Waals surface area (Å²) in [7, 11) is -4.98. The van der Waals surface area contributed by atoms with Crippen LogP contribution in [-0.4, -0.2) is 84.4 Å². The van der Waals surface area contributed by atoms with Gasteiger partial charge in [0.2, 0.25) is 7.34 Å². The average Bonchev–Trinajstić information content (AvgIpc) is 3.21. The molecule has 1 aliphatic heterocycles. The first-order chi connectivity index (χ1) is 28.5. The van der Waals surface area contributed by atoms with Crippen molar-refractivity contribution >= 4 is 28.2 Å². The molecule has 0 bridgehead atoms. The molecule has 1 heterocycles. The maximum absolute atomic E-state index is 13.6. The van der Waals surface area contributed by atoms with E-state index in [-0.39, 0.29) is 25.2 Å². The molecule has 1 unspecified atom stereocenters.